The topological polar surface area (TPSA) is 54.9 Å². The first-order chi connectivity index (χ1) is 13.3. The van der Waals surface area contributed by atoms with Gasteiger partial charge in [0.15, 0.2) is 5.96 Å². The van der Waals surface area contributed by atoms with E-state index in [4.69, 9.17) is 9.47 Å². The van der Waals surface area contributed by atoms with Gasteiger partial charge in [0.2, 0.25) is 0 Å². The summed E-state index contributed by atoms with van der Waals surface area (Å²) in [6.07, 6.45) is -0.0488. The molecule has 0 spiro atoms. The van der Waals surface area contributed by atoms with Gasteiger partial charge in [-0.15, -0.1) is 0 Å². The van der Waals surface area contributed by atoms with Crippen LogP contribution in [0.3, 0.4) is 0 Å². The molecule has 2 unspecified atom stereocenters. The lowest BCUT2D eigenvalue weighted by Gasteiger charge is -2.40. The Labute approximate surface area is 166 Å². The molecule has 1 heterocycles. The van der Waals surface area contributed by atoms with Crippen LogP contribution in [0.1, 0.15) is 39.2 Å². The van der Waals surface area contributed by atoms with E-state index < -0.39 is 13.0 Å². The molecule has 0 aliphatic carbocycles. The molecule has 0 radical (unpaired) electrons. The summed E-state index contributed by atoms with van der Waals surface area (Å²) in [6, 6.07) is 7.14. The molecule has 1 saturated heterocycles. The largest absolute Gasteiger partial charge is 0.488 e. The standard InChI is InChI=1S/C21H33F2N3O2/c1-21(2,3)19-16(8-6-10-27-19)13-26-20(24-4)25-12-15-7-5-9-17(11-15)28-14-18(22)23/h5,7,9,11,16,18-19H,6,8,10,12-14H2,1-4H3,(H2,24,25,26). The molecule has 1 fully saturated rings. The monoisotopic (exact) mass is 397 g/mol. The number of benzene rings is 1. The quantitative estimate of drug-likeness (QED) is 0.542. The zero-order valence-corrected chi connectivity index (χ0v) is 17.3. The summed E-state index contributed by atoms with van der Waals surface area (Å²) < 4.78 is 35.7. The third-order valence-corrected chi connectivity index (χ3v) is 4.79. The number of halogens is 2. The third-order valence-electron chi connectivity index (χ3n) is 4.79. The Bertz CT molecular complexity index is 632. The molecule has 2 rings (SSSR count). The molecule has 1 aliphatic rings. The fourth-order valence-corrected chi connectivity index (χ4v) is 3.55. The zero-order valence-electron chi connectivity index (χ0n) is 17.3. The van der Waals surface area contributed by atoms with E-state index in [9.17, 15) is 8.78 Å². The Morgan fingerprint density at radius 3 is 2.79 bits per heavy atom. The SMILES string of the molecule is CN=C(NCc1cccc(OCC(F)F)c1)NCC1CCCOC1C(C)(C)C. The van der Waals surface area contributed by atoms with Gasteiger partial charge in [-0.3, -0.25) is 4.99 Å². The number of guanidine groups is 1. The lowest BCUT2D eigenvalue weighted by Crippen LogP contribution is -2.47. The van der Waals surface area contributed by atoms with Gasteiger partial charge in [-0.25, -0.2) is 8.78 Å². The van der Waals surface area contributed by atoms with E-state index in [0.29, 0.717) is 24.2 Å². The highest BCUT2D eigenvalue weighted by atomic mass is 19.3. The Kier molecular flexibility index (Phi) is 8.48. The summed E-state index contributed by atoms with van der Waals surface area (Å²) in [5.74, 6) is 1.57. The van der Waals surface area contributed by atoms with Gasteiger partial charge >= 0.3 is 0 Å². The van der Waals surface area contributed by atoms with Crippen LogP contribution in [-0.2, 0) is 11.3 Å². The Morgan fingerprint density at radius 1 is 1.32 bits per heavy atom. The smallest absolute Gasteiger partial charge is 0.272 e. The van der Waals surface area contributed by atoms with E-state index in [2.05, 4.69) is 36.4 Å². The van der Waals surface area contributed by atoms with E-state index >= 15 is 0 Å². The van der Waals surface area contributed by atoms with Crippen molar-refractivity contribution in [3.8, 4) is 5.75 Å². The van der Waals surface area contributed by atoms with Crippen LogP contribution >= 0.6 is 0 Å². The lowest BCUT2D eigenvalue weighted by molar-refractivity contribution is -0.0835. The van der Waals surface area contributed by atoms with E-state index in [0.717, 1.165) is 31.6 Å². The van der Waals surface area contributed by atoms with Crippen LogP contribution in [0.5, 0.6) is 5.75 Å². The van der Waals surface area contributed by atoms with E-state index in [1.165, 1.54) is 0 Å². The molecule has 1 aliphatic heterocycles. The second-order valence-electron chi connectivity index (χ2n) is 8.22. The molecule has 0 saturated carbocycles. The highest BCUT2D eigenvalue weighted by Gasteiger charge is 2.35. The summed E-state index contributed by atoms with van der Waals surface area (Å²) in [4.78, 5) is 4.28. The van der Waals surface area contributed by atoms with Crippen LogP contribution in [-0.4, -0.2) is 45.3 Å². The number of ether oxygens (including phenoxy) is 2. The van der Waals surface area contributed by atoms with Crippen LogP contribution in [0, 0.1) is 11.3 Å². The molecule has 1 aromatic rings. The van der Waals surface area contributed by atoms with Crippen molar-refractivity contribution in [2.24, 2.45) is 16.3 Å². The Balaban J connectivity index is 1.85. The minimum absolute atomic E-state index is 0.0996. The van der Waals surface area contributed by atoms with Crippen molar-refractivity contribution < 1.29 is 18.3 Å². The van der Waals surface area contributed by atoms with Gasteiger partial charge in [0, 0.05) is 32.7 Å². The fourth-order valence-electron chi connectivity index (χ4n) is 3.55. The molecule has 0 aromatic heterocycles. The maximum Gasteiger partial charge on any atom is 0.272 e. The molecule has 158 valence electrons. The second kappa shape index (κ2) is 10.6. The molecular formula is C21H33F2N3O2. The van der Waals surface area contributed by atoms with Crippen LogP contribution < -0.4 is 15.4 Å². The van der Waals surface area contributed by atoms with Crippen LogP contribution in [0.25, 0.3) is 0 Å². The van der Waals surface area contributed by atoms with Crippen molar-refractivity contribution >= 4 is 5.96 Å². The number of nitrogens with one attached hydrogen (secondary N) is 2. The van der Waals surface area contributed by atoms with Crippen molar-refractivity contribution in [2.45, 2.75) is 52.7 Å². The van der Waals surface area contributed by atoms with Crippen molar-refractivity contribution in [3.05, 3.63) is 29.8 Å². The van der Waals surface area contributed by atoms with E-state index in [1.54, 1.807) is 25.2 Å². The Morgan fingerprint density at radius 2 is 2.11 bits per heavy atom. The van der Waals surface area contributed by atoms with Crippen LogP contribution in [0.4, 0.5) is 8.78 Å². The molecule has 0 amide bonds. The van der Waals surface area contributed by atoms with Crippen LogP contribution in [0.15, 0.2) is 29.3 Å². The van der Waals surface area contributed by atoms with Gasteiger partial charge in [-0.05, 0) is 36.0 Å². The van der Waals surface area contributed by atoms with E-state index in [1.807, 2.05) is 6.07 Å². The highest BCUT2D eigenvalue weighted by molar-refractivity contribution is 5.79. The Hall–Kier alpha value is -1.89. The van der Waals surface area contributed by atoms with E-state index in [-0.39, 0.29) is 11.5 Å². The predicted molar refractivity (Wildman–Crippen MR) is 108 cm³/mol. The number of alkyl halides is 2. The molecule has 0 bridgehead atoms. The molecule has 5 nitrogen and oxygen atoms in total. The predicted octanol–water partition coefficient (Wildman–Crippen LogP) is 3.84. The number of rotatable bonds is 7. The van der Waals surface area contributed by atoms with Gasteiger partial charge in [0.05, 0.1) is 6.10 Å². The molecule has 2 atom stereocenters. The number of aliphatic imine (C=N–C) groups is 1. The van der Waals surface area contributed by atoms with Gasteiger partial charge < -0.3 is 20.1 Å². The second-order valence-corrected chi connectivity index (χ2v) is 8.22. The van der Waals surface area contributed by atoms with Crippen molar-refractivity contribution in [2.75, 3.05) is 26.8 Å². The maximum atomic E-state index is 12.3. The average molecular weight is 398 g/mol. The lowest BCUT2D eigenvalue weighted by atomic mass is 9.78. The number of hydrogen-bond donors (Lipinski definition) is 2. The highest BCUT2D eigenvalue weighted by Crippen LogP contribution is 2.33. The van der Waals surface area contributed by atoms with Crippen molar-refractivity contribution in [3.63, 3.8) is 0 Å². The van der Waals surface area contributed by atoms with Gasteiger partial charge in [0.1, 0.15) is 12.4 Å². The molecule has 7 heteroatoms. The van der Waals surface area contributed by atoms with Crippen molar-refractivity contribution in [1.29, 1.82) is 0 Å². The average Bonchev–Trinajstić information content (AvgIpc) is 2.66. The summed E-state index contributed by atoms with van der Waals surface area (Å²) in [6.45, 7) is 8.19. The number of hydrogen-bond acceptors (Lipinski definition) is 3. The first kappa shape index (κ1) is 22.4. The first-order valence-electron chi connectivity index (χ1n) is 9.85. The van der Waals surface area contributed by atoms with Gasteiger partial charge in [-0.2, -0.15) is 0 Å². The summed E-state index contributed by atoms with van der Waals surface area (Å²) in [5.41, 5.74) is 1.03. The number of nitrogens with zero attached hydrogens (tertiary/aromatic N) is 1. The minimum Gasteiger partial charge on any atom is -0.488 e. The molecular weight excluding hydrogens is 364 g/mol. The first-order valence-corrected chi connectivity index (χ1v) is 9.85. The normalized spacial score (nSPS) is 20.9. The zero-order chi connectivity index (χ0) is 20.6. The fraction of sp³-hybridized carbons (Fsp3) is 0.667. The van der Waals surface area contributed by atoms with Gasteiger partial charge in [-0.1, -0.05) is 32.9 Å². The molecule has 2 N–H and O–H groups in total. The summed E-state index contributed by atoms with van der Waals surface area (Å²) >= 11 is 0. The molecule has 1 aromatic carbocycles. The molecule has 28 heavy (non-hydrogen) atoms. The third kappa shape index (κ3) is 7.26. The van der Waals surface area contributed by atoms with Crippen LogP contribution in [0.2, 0.25) is 0 Å². The van der Waals surface area contributed by atoms with Gasteiger partial charge in [0.25, 0.3) is 6.43 Å². The summed E-state index contributed by atoms with van der Waals surface area (Å²) in [7, 11) is 1.73. The maximum absolute atomic E-state index is 12.3. The minimum atomic E-state index is -2.48. The summed E-state index contributed by atoms with van der Waals surface area (Å²) in [5, 5.41) is 6.66. The van der Waals surface area contributed by atoms with Crippen molar-refractivity contribution in [1.82, 2.24) is 10.6 Å².